The Balaban J connectivity index is 2.62. The molecule has 0 heterocycles. The molecule has 0 fully saturated rings. The minimum atomic E-state index is -0.895. The average Bonchev–Trinajstić information content (AvgIpc) is 2.26. The third kappa shape index (κ3) is 4.10. The fourth-order valence-electron chi connectivity index (χ4n) is 1.78. The summed E-state index contributed by atoms with van der Waals surface area (Å²) < 4.78 is 5.64. The molecule has 3 nitrogen and oxygen atoms in total. The maximum Gasteiger partial charge on any atom is 0.335 e. The number of carboxylic acid groups (broad SMARTS) is 1. The van der Waals surface area contributed by atoms with Gasteiger partial charge in [0.2, 0.25) is 0 Å². The molecular formula is C14H20O3. The first-order valence-corrected chi connectivity index (χ1v) is 6.01. The number of rotatable bonds is 6. The number of ether oxygens (including phenoxy) is 1. The molecule has 1 N–H and O–H groups in total. The molecule has 1 rings (SSSR count). The number of aryl methyl sites for hydroxylation is 1. The second-order valence-corrected chi connectivity index (χ2v) is 4.49. The SMILES string of the molecule is CCCC(C)COc1ccc(C(=O)O)c(C)c1. The van der Waals surface area contributed by atoms with E-state index in [0.717, 1.165) is 24.2 Å². The van der Waals surface area contributed by atoms with Crippen LogP contribution in [0.4, 0.5) is 0 Å². The first-order chi connectivity index (χ1) is 8.04. The molecule has 94 valence electrons. The molecule has 0 saturated carbocycles. The second kappa shape index (κ2) is 6.28. The fraction of sp³-hybridized carbons (Fsp3) is 0.500. The first kappa shape index (κ1) is 13.6. The topological polar surface area (TPSA) is 46.5 Å². The van der Waals surface area contributed by atoms with Gasteiger partial charge in [-0.05, 0) is 43.0 Å². The van der Waals surface area contributed by atoms with E-state index in [1.54, 1.807) is 25.1 Å². The lowest BCUT2D eigenvalue weighted by atomic mass is 10.1. The van der Waals surface area contributed by atoms with E-state index in [-0.39, 0.29) is 0 Å². The Kier molecular flexibility index (Phi) is 5.01. The number of carboxylic acids is 1. The summed E-state index contributed by atoms with van der Waals surface area (Å²) in [4.78, 5) is 10.8. The minimum absolute atomic E-state index is 0.332. The highest BCUT2D eigenvalue weighted by molar-refractivity contribution is 5.89. The molecule has 17 heavy (non-hydrogen) atoms. The van der Waals surface area contributed by atoms with Crippen molar-refractivity contribution in [1.29, 1.82) is 0 Å². The summed E-state index contributed by atoms with van der Waals surface area (Å²) in [5, 5.41) is 8.90. The lowest BCUT2D eigenvalue weighted by molar-refractivity contribution is 0.0696. The molecule has 0 bridgehead atoms. The number of hydrogen-bond donors (Lipinski definition) is 1. The van der Waals surface area contributed by atoms with Gasteiger partial charge in [-0.2, -0.15) is 0 Å². The first-order valence-electron chi connectivity index (χ1n) is 6.01. The molecule has 0 spiro atoms. The zero-order chi connectivity index (χ0) is 12.8. The smallest absolute Gasteiger partial charge is 0.335 e. The van der Waals surface area contributed by atoms with Gasteiger partial charge in [0.05, 0.1) is 12.2 Å². The van der Waals surface area contributed by atoms with Gasteiger partial charge in [-0.25, -0.2) is 4.79 Å². The highest BCUT2D eigenvalue weighted by Crippen LogP contribution is 2.18. The van der Waals surface area contributed by atoms with Crippen LogP contribution in [-0.4, -0.2) is 17.7 Å². The Morgan fingerprint density at radius 2 is 2.18 bits per heavy atom. The van der Waals surface area contributed by atoms with Gasteiger partial charge in [0.25, 0.3) is 0 Å². The highest BCUT2D eigenvalue weighted by Gasteiger charge is 2.08. The molecule has 0 aromatic heterocycles. The quantitative estimate of drug-likeness (QED) is 0.822. The van der Waals surface area contributed by atoms with Crippen molar-refractivity contribution < 1.29 is 14.6 Å². The maximum atomic E-state index is 10.8. The van der Waals surface area contributed by atoms with Crippen LogP contribution in [0, 0.1) is 12.8 Å². The van der Waals surface area contributed by atoms with Crippen molar-refractivity contribution in [3.8, 4) is 5.75 Å². The zero-order valence-electron chi connectivity index (χ0n) is 10.7. The van der Waals surface area contributed by atoms with Crippen molar-refractivity contribution in [3.05, 3.63) is 29.3 Å². The van der Waals surface area contributed by atoms with E-state index in [1.807, 2.05) is 0 Å². The molecule has 0 aliphatic carbocycles. The predicted molar refractivity (Wildman–Crippen MR) is 67.7 cm³/mol. The van der Waals surface area contributed by atoms with Crippen molar-refractivity contribution in [2.45, 2.75) is 33.6 Å². The summed E-state index contributed by atoms with van der Waals surface area (Å²) in [6.45, 7) is 6.77. The van der Waals surface area contributed by atoms with Gasteiger partial charge in [-0.15, -0.1) is 0 Å². The van der Waals surface area contributed by atoms with Crippen LogP contribution in [0.15, 0.2) is 18.2 Å². The molecule has 0 radical (unpaired) electrons. The number of aromatic carboxylic acids is 1. The maximum absolute atomic E-state index is 10.8. The van der Waals surface area contributed by atoms with E-state index in [0.29, 0.717) is 18.1 Å². The Bertz CT molecular complexity index is 385. The second-order valence-electron chi connectivity index (χ2n) is 4.49. The van der Waals surface area contributed by atoms with E-state index in [1.165, 1.54) is 0 Å². The molecular weight excluding hydrogens is 216 g/mol. The summed E-state index contributed by atoms with van der Waals surface area (Å²) in [6, 6.07) is 5.09. The van der Waals surface area contributed by atoms with Crippen molar-refractivity contribution in [3.63, 3.8) is 0 Å². The lowest BCUT2D eigenvalue weighted by Crippen LogP contribution is -2.08. The van der Waals surface area contributed by atoms with E-state index in [2.05, 4.69) is 13.8 Å². The van der Waals surface area contributed by atoms with Gasteiger partial charge in [0.15, 0.2) is 0 Å². The molecule has 0 saturated heterocycles. The monoisotopic (exact) mass is 236 g/mol. The van der Waals surface area contributed by atoms with Crippen molar-refractivity contribution in [1.82, 2.24) is 0 Å². The van der Waals surface area contributed by atoms with Crippen LogP contribution in [0.3, 0.4) is 0 Å². The van der Waals surface area contributed by atoms with Crippen LogP contribution in [-0.2, 0) is 0 Å². The van der Waals surface area contributed by atoms with Crippen LogP contribution in [0.5, 0.6) is 5.75 Å². The molecule has 1 aromatic carbocycles. The molecule has 0 aliphatic heterocycles. The van der Waals surface area contributed by atoms with Gasteiger partial charge in [0, 0.05) is 0 Å². The Labute approximate surface area is 102 Å². The molecule has 0 aliphatic rings. The number of benzene rings is 1. The van der Waals surface area contributed by atoms with Crippen molar-refractivity contribution >= 4 is 5.97 Å². The normalized spacial score (nSPS) is 12.2. The van der Waals surface area contributed by atoms with Gasteiger partial charge in [-0.1, -0.05) is 20.3 Å². The van der Waals surface area contributed by atoms with Gasteiger partial charge < -0.3 is 9.84 Å². The van der Waals surface area contributed by atoms with Crippen molar-refractivity contribution in [2.24, 2.45) is 5.92 Å². The Morgan fingerprint density at radius 1 is 1.47 bits per heavy atom. The van der Waals surface area contributed by atoms with Gasteiger partial charge in [0.1, 0.15) is 5.75 Å². The Morgan fingerprint density at radius 3 is 2.71 bits per heavy atom. The van der Waals surface area contributed by atoms with Crippen LogP contribution < -0.4 is 4.74 Å². The molecule has 3 heteroatoms. The van der Waals surface area contributed by atoms with Crippen LogP contribution in [0.2, 0.25) is 0 Å². The summed E-state index contributed by atoms with van der Waals surface area (Å²) in [5.41, 5.74) is 1.07. The molecule has 1 atom stereocenters. The summed E-state index contributed by atoms with van der Waals surface area (Å²) in [6.07, 6.45) is 2.30. The summed E-state index contributed by atoms with van der Waals surface area (Å²) >= 11 is 0. The lowest BCUT2D eigenvalue weighted by Gasteiger charge is -2.13. The largest absolute Gasteiger partial charge is 0.493 e. The standard InChI is InChI=1S/C14H20O3/c1-4-5-10(2)9-17-12-6-7-13(14(15)16)11(3)8-12/h6-8,10H,4-5,9H2,1-3H3,(H,15,16). The molecule has 1 unspecified atom stereocenters. The number of carbonyl (C=O) groups is 1. The van der Waals surface area contributed by atoms with Crippen LogP contribution in [0.25, 0.3) is 0 Å². The van der Waals surface area contributed by atoms with Gasteiger partial charge in [-0.3, -0.25) is 0 Å². The number of hydrogen-bond acceptors (Lipinski definition) is 2. The fourth-order valence-corrected chi connectivity index (χ4v) is 1.78. The van der Waals surface area contributed by atoms with Crippen molar-refractivity contribution in [2.75, 3.05) is 6.61 Å². The van der Waals surface area contributed by atoms with Crippen LogP contribution in [0.1, 0.15) is 42.6 Å². The molecule has 0 amide bonds. The third-order valence-electron chi connectivity index (χ3n) is 2.74. The minimum Gasteiger partial charge on any atom is -0.493 e. The van der Waals surface area contributed by atoms with E-state index < -0.39 is 5.97 Å². The summed E-state index contributed by atoms with van der Waals surface area (Å²) in [7, 11) is 0. The zero-order valence-corrected chi connectivity index (χ0v) is 10.7. The van der Waals surface area contributed by atoms with Crippen LogP contribution >= 0.6 is 0 Å². The average molecular weight is 236 g/mol. The highest BCUT2D eigenvalue weighted by atomic mass is 16.5. The van der Waals surface area contributed by atoms with Gasteiger partial charge >= 0.3 is 5.97 Å². The Hall–Kier alpha value is -1.51. The van der Waals surface area contributed by atoms with E-state index >= 15 is 0 Å². The third-order valence-corrected chi connectivity index (χ3v) is 2.74. The van der Waals surface area contributed by atoms with E-state index in [9.17, 15) is 4.79 Å². The summed E-state index contributed by atoms with van der Waals surface area (Å²) in [5.74, 6) is 0.378. The van der Waals surface area contributed by atoms with E-state index in [4.69, 9.17) is 9.84 Å². The molecule has 1 aromatic rings. The predicted octanol–water partition coefficient (Wildman–Crippen LogP) is 3.51.